The average Bonchev–Trinajstić information content (AvgIpc) is 2.51. The highest BCUT2D eigenvalue weighted by Gasteiger charge is 2.15. The number of hydrogen-bond donors (Lipinski definition) is 0. The molecule has 0 saturated heterocycles. The number of pyridine rings is 1. The molecule has 1 aromatic heterocycles. The van der Waals surface area contributed by atoms with Crippen molar-refractivity contribution in [1.29, 1.82) is 0 Å². The number of rotatable bonds is 3. The molecule has 0 aliphatic heterocycles. The molecule has 0 aliphatic rings. The molecule has 1 heterocycles. The van der Waals surface area contributed by atoms with Gasteiger partial charge in [-0.15, -0.1) is 0 Å². The van der Waals surface area contributed by atoms with Gasteiger partial charge in [-0.05, 0) is 60.4 Å². The highest BCUT2D eigenvalue weighted by molar-refractivity contribution is 5.98. The first-order chi connectivity index (χ1) is 11.4. The SMILES string of the molecule is Cc1cc(C)cc(-c2nccc3cc(C(C)C)cc(C(C)C)c23)c1. The molecule has 2 aromatic carbocycles. The van der Waals surface area contributed by atoms with E-state index >= 15 is 0 Å². The zero-order valence-corrected chi connectivity index (χ0v) is 15.6. The van der Waals surface area contributed by atoms with Crippen LogP contribution in [0.2, 0.25) is 0 Å². The maximum absolute atomic E-state index is 4.78. The molecule has 1 heteroatoms. The van der Waals surface area contributed by atoms with E-state index in [0.29, 0.717) is 11.8 Å². The largest absolute Gasteiger partial charge is 0.256 e. The van der Waals surface area contributed by atoms with Crippen LogP contribution in [0.5, 0.6) is 0 Å². The molecule has 24 heavy (non-hydrogen) atoms. The number of fused-ring (bicyclic) bond motifs is 1. The van der Waals surface area contributed by atoms with Crippen molar-refractivity contribution in [3.05, 3.63) is 64.8 Å². The minimum absolute atomic E-state index is 0.472. The highest BCUT2D eigenvalue weighted by Crippen LogP contribution is 2.36. The Morgan fingerprint density at radius 1 is 0.792 bits per heavy atom. The molecule has 0 aliphatic carbocycles. The molecule has 0 bridgehead atoms. The van der Waals surface area contributed by atoms with Crippen LogP contribution in [0.25, 0.3) is 22.0 Å². The molecule has 0 N–H and O–H groups in total. The summed E-state index contributed by atoms with van der Waals surface area (Å²) in [4.78, 5) is 4.78. The van der Waals surface area contributed by atoms with Gasteiger partial charge in [-0.25, -0.2) is 0 Å². The maximum Gasteiger partial charge on any atom is 0.0783 e. The second-order valence-corrected chi connectivity index (χ2v) is 7.55. The minimum atomic E-state index is 0.472. The summed E-state index contributed by atoms with van der Waals surface area (Å²) >= 11 is 0. The number of aryl methyl sites for hydroxylation is 2. The summed E-state index contributed by atoms with van der Waals surface area (Å²) in [7, 11) is 0. The standard InChI is InChI=1S/C23H27N/c1-14(2)19-12-18-7-8-24-23(22(18)21(13-19)15(3)4)20-10-16(5)9-17(6)11-20/h7-15H,1-6H3. The third-order valence-electron chi connectivity index (χ3n) is 4.70. The number of hydrogen-bond acceptors (Lipinski definition) is 1. The smallest absolute Gasteiger partial charge is 0.0783 e. The lowest BCUT2D eigenvalue weighted by Crippen LogP contribution is -1.98. The summed E-state index contributed by atoms with van der Waals surface area (Å²) in [6, 6.07) is 13.6. The molecule has 124 valence electrons. The van der Waals surface area contributed by atoms with Crippen LogP contribution in [0.3, 0.4) is 0 Å². The van der Waals surface area contributed by atoms with Gasteiger partial charge in [-0.1, -0.05) is 57.0 Å². The summed E-state index contributed by atoms with van der Waals surface area (Å²) in [5.74, 6) is 1.00. The number of benzene rings is 2. The van der Waals surface area contributed by atoms with Gasteiger partial charge >= 0.3 is 0 Å². The maximum atomic E-state index is 4.78. The highest BCUT2D eigenvalue weighted by atomic mass is 14.7. The zero-order chi connectivity index (χ0) is 17.4. The lowest BCUT2D eigenvalue weighted by Gasteiger charge is -2.18. The van der Waals surface area contributed by atoms with E-state index in [0.717, 1.165) is 5.69 Å². The summed E-state index contributed by atoms with van der Waals surface area (Å²) in [6.45, 7) is 13.4. The van der Waals surface area contributed by atoms with E-state index in [1.807, 2.05) is 6.20 Å². The van der Waals surface area contributed by atoms with E-state index in [9.17, 15) is 0 Å². The molecule has 0 fully saturated rings. The van der Waals surface area contributed by atoms with E-state index in [2.05, 4.69) is 77.9 Å². The third kappa shape index (κ3) is 3.08. The van der Waals surface area contributed by atoms with Crippen LogP contribution in [0, 0.1) is 13.8 Å². The predicted octanol–water partition coefficient (Wildman–Crippen LogP) is 6.77. The van der Waals surface area contributed by atoms with Gasteiger partial charge in [0.15, 0.2) is 0 Å². The molecule has 0 spiro atoms. The first kappa shape index (κ1) is 16.7. The Labute approximate surface area is 145 Å². The van der Waals surface area contributed by atoms with Crippen LogP contribution < -0.4 is 0 Å². The molecule has 1 nitrogen and oxygen atoms in total. The Kier molecular flexibility index (Phi) is 4.45. The normalized spacial score (nSPS) is 11.7. The van der Waals surface area contributed by atoms with Crippen LogP contribution in [-0.4, -0.2) is 4.98 Å². The van der Waals surface area contributed by atoms with E-state index in [4.69, 9.17) is 4.98 Å². The van der Waals surface area contributed by atoms with Crippen LogP contribution in [-0.2, 0) is 0 Å². The summed E-state index contributed by atoms with van der Waals surface area (Å²) in [5, 5.41) is 2.61. The van der Waals surface area contributed by atoms with Gasteiger partial charge in [0.05, 0.1) is 5.69 Å². The van der Waals surface area contributed by atoms with Crippen LogP contribution in [0.15, 0.2) is 42.6 Å². The van der Waals surface area contributed by atoms with Crippen molar-refractivity contribution < 1.29 is 0 Å². The monoisotopic (exact) mass is 317 g/mol. The first-order valence-corrected chi connectivity index (χ1v) is 8.88. The average molecular weight is 317 g/mol. The molecular formula is C23H27N. The van der Waals surface area contributed by atoms with E-state index in [-0.39, 0.29) is 0 Å². The van der Waals surface area contributed by atoms with Crippen molar-refractivity contribution in [3.63, 3.8) is 0 Å². The van der Waals surface area contributed by atoms with Gasteiger partial charge in [-0.3, -0.25) is 4.98 Å². The summed E-state index contributed by atoms with van der Waals surface area (Å²) in [6.07, 6.45) is 1.95. The Morgan fingerprint density at radius 3 is 2.04 bits per heavy atom. The molecule has 0 amide bonds. The lowest BCUT2D eigenvalue weighted by atomic mass is 9.88. The molecule has 0 unspecified atom stereocenters. The fourth-order valence-corrected chi connectivity index (χ4v) is 3.49. The second kappa shape index (κ2) is 6.39. The topological polar surface area (TPSA) is 12.9 Å². The zero-order valence-electron chi connectivity index (χ0n) is 15.6. The van der Waals surface area contributed by atoms with Gasteiger partial charge in [0, 0.05) is 17.1 Å². The van der Waals surface area contributed by atoms with Crippen molar-refractivity contribution >= 4 is 10.8 Å². The van der Waals surface area contributed by atoms with Crippen LogP contribution >= 0.6 is 0 Å². The third-order valence-corrected chi connectivity index (χ3v) is 4.70. The molecule has 0 saturated carbocycles. The van der Waals surface area contributed by atoms with Crippen molar-refractivity contribution in [3.8, 4) is 11.3 Å². The van der Waals surface area contributed by atoms with Crippen LogP contribution in [0.1, 0.15) is 61.8 Å². The Morgan fingerprint density at radius 2 is 1.46 bits per heavy atom. The van der Waals surface area contributed by atoms with Gasteiger partial charge in [0.1, 0.15) is 0 Å². The number of aromatic nitrogens is 1. The van der Waals surface area contributed by atoms with Gasteiger partial charge in [0.2, 0.25) is 0 Å². The van der Waals surface area contributed by atoms with Crippen molar-refractivity contribution in [2.45, 2.75) is 53.4 Å². The van der Waals surface area contributed by atoms with Crippen molar-refractivity contribution in [2.75, 3.05) is 0 Å². The van der Waals surface area contributed by atoms with Crippen LogP contribution in [0.4, 0.5) is 0 Å². The van der Waals surface area contributed by atoms with E-state index in [1.54, 1.807) is 0 Å². The lowest BCUT2D eigenvalue weighted by molar-refractivity contribution is 0.841. The Balaban J connectivity index is 2.37. The molecule has 0 atom stereocenters. The Hall–Kier alpha value is -2.15. The minimum Gasteiger partial charge on any atom is -0.256 e. The second-order valence-electron chi connectivity index (χ2n) is 7.55. The van der Waals surface area contributed by atoms with Gasteiger partial charge in [0.25, 0.3) is 0 Å². The van der Waals surface area contributed by atoms with Gasteiger partial charge < -0.3 is 0 Å². The Bertz CT molecular complexity index is 868. The molecular weight excluding hydrogens is 290 g/mol. The van der Waals surface area contributed by atoms with Crippen molar-refractivity contribution in [1.82, 2.24) is 4.98 Å². The van der Waals surface area contributed by atoms with Gasteiger partial charge in [-0.2, -0.15) is 0 Å². The fraction of sp³-hybridized carbons (Fsp3) is 0.348. The predicted molar refractivity (Wildman–Crippen MR) is 105 cm³/mol. The molecule has 3 aromatic rings. The van der Waals surface area contributed by atoms with E-state index < -0.39 is 0 Å². The summed E-state index contributed by atoms with van der Waals surface area (Å²) in [5.41, 5.74) is 7.71. The van der Waals surface area contributed by atoms with Crippen molar-refractivity contribution in [2.24, 2.45) is 0 Å². The number of nitrogens with zero attached hydrogens (tertiary/aromatic N) is 1. The van der Waals surface area contributed by atoms with E-state index in [1.165, 1.54) is 38.6 Å². The first-order valence-electron chi connectivity index (χ1n) is 8.88. The quantitative estimate of drug-likeness (QED) is 0.519. The molecule has 0 radical (unpaired) electrons. The summed E-state index contributed by atoms with van der Waals surface area (Å²) < 4.78 is 0. The molecule has 3 rings (SSSR count). The fourth-order valence-electron chi connectivity index (χ4n) is 3.49.